The fourth-order valence-electron chi connectivity index (χ4n) is 5.88. The first-order chi connectivity index (χ1) is 14.9. The lowest BCUT2D eigenvalue weighted by atomic mass is 9.65. The molecular weight excluding hydrogens is 401 g/mol. The van der Waals surface area contributed by atoms with Crippen molar-refractivity contribution in [3.05, 3.63) is 35.1 Å². The minimum absolute atomic E-state index is 0.0521. The Morgan fingerprint density at radius 3 is 1.84 bits per heavy atom. The van der Waals surface area contributed by atoms with Gasteiger partial charge in [0.05, 0.1) is 5.41 Å². The van der Waals surface area contributed by atoms with Crippen molar-refractivity contribution in [2.75, 3.05) is 0 Å². The van der Waals surface area contributed by atoms with Crippen molar-refractivity contribution >= 4 is 5.97 Å². The highest BCUT2D eigenvalue weighted by Gasteiger charge is 2.44. The molecule has 0 aromatic heterocycles. The fraction of sp³-hybridized carbons (Fsp3) is 0.731. The van der Waals surface area contributed by atoms with Crippen LogP contribution >= 0.6 is 0 Å². The predicted molar refractivity (Wildman–Crippen MR) is 116 cm³/mol. The molecule has 2 fully saturated rings. The topological polar surface area (TPSA) is 37.3 Å². The number of hydrogen-bond donors (Lipinski definition) is 1. The van der Waals surface area contributed by atoms with Crippen LogP contribution in [0.25, 0.3) is 0 Å². The first-order valence-electron chi connectivity index (χ1n) is 12.2. The van der Waals surface area contributed by atoms with Gasteiger partial charge in [-0.2, -0.15) is 0 Å². The second-order valence-corrected chi connectivity index (χ2v) is 10.0. The van der Waals surface area contributed by atoms with Crippen LogP contribution in [0.3, 0.4) is 0 Å². The molecule has 31 heavy (non-hydrogen) atoms. The van der Waals surface area contributed by atoms with Gasteiger partial charge in [-0.05, 0) is 61.1 Å². The summed E-state index contributed by atoms with van der Waals surface area (Å²) in [4.78, 5) is 12.1. The Hall–Kier alpha value is -1.52. The molecular formula is C26H37F3O2. The van der Waals surface area contributed by atoms with Gasteiger partial charge in [-0.15, -0.1) is 0 Å². The molecule has 0 amide bonds. The van der Waals surface area contributed by atoms with Crippen molar-refractivity contribution in [1.82, 2.24) is 0 Å². The maximum Gasteiger partial charge on any atom is 0.314 e. The van der Waals surface area contributed by atoms with E-state index in [2.05, 4.69) is 6.92 Å². The number of rotatable bonds is 9. The molecule has 0 spiro atoms. The van der Waals surface area contributed by atoms with E-state index in [0.29, 0.717) is 18.8 Å². The minimum atomic E-state index is -1.54. The second kappa shape index (κ2) is 10.9. The second-order valence-electron chi connectivity index (χ2n) is 10.0. The van der Waals surface area contributed by atoms with Crippen LogP contribution in [0.2, 0.25) is 0 Å². The van der Waals surface area contributed by atoms with Crippen LogP contribution in [0.1, 0.15) is 102 Å². The Kier molecular flexibility index (Phi) is 8.46. The summed E-state index contributed by atoms with van der Waals surface area (Å²) in [7, 11) is 0. The van der Waals surface area contributed by atoms with Gasteiger partial charge in [0.15, 0.2) is 17.5 Å². The number of hydrogen-bond acceptors (Lipinski definition) is 1. The van der Waals surface area contributed by atoms with Gasteiger partial charge in [0.2, 0.25) is 0 Å². The lowest BCUT2D eigenvalue weighted by molar-refractivity contribution is -0.145. The Morgan fingerprint density at radius 2 is 1.35 bits per heavy atom. The van der Waals surface area contributed by atoms with Crippen molar-refractivity contribution in [2.24, 2.45) is 17.8 Å². The highest BCUT2D eigenvalue weighted by molar-refractivity contribution is 5.81. The van der Waals surface area contributed by atoms with Crippen LogP contribution in [0.4, 0.5) is 13.2 Å². The average molecular weight is 439 g/mol. The molecule has 0 atom stereocenters. The van der Waals surface area contributed by atoms with Gasteiger partial charge in [0.1, 0.15) is 0 Å². The highest BCUT2D eigenvalue weighted by Crippen LogP contribution is 2.45. The lowest BCUT2D eigenvalue weighted by Crippen LogP contribution is -2.40. The monoisotopic (exact) mass is 438 g/mol. The first-order valence-corrected chi connectivity index (χ1v) is 12.2. The third kappa shape index (κ3) is 5.84. The molecule has 0 aliphatic heterocycles. The number of carboxylic acid groups (broad SMARTS) is 1. The van der Waals surface area contributed by atoms with E-state index in [1.54, 1.807) is 0 Å². The third-order valence-corrected chi connectivity index (χ3v) is 8.07. The summed E-state index contributed by atoms with van der Waals surface area (Å²) in [5.74, 6) is -3.09. The molecule has 1 aromatic carbocycles. The molecule has 2 saturated carbocycles. The maximum atomic E-state index is 13.7. The van der Waals surface area contributed by atoms with Crippen molar-refractivity contribution in [3.63, 3.8) is 0 Å². The standard InChI is InChI=1S/C26H37F3O2/c1-2-3-4-5-18-6-8-19(9-7-18)10-11-20-12-14-26(15-13-20,25(30)31)21-16-22(27)24(29)23(28)17-21/h16-20H,2-15H2,1H3,(H,30,31). The van der Waals surface area contributed by atoms with E-state index in [-0.39, 0.29) is 5.56 Å². The molecule has 5 heteroatoms. The SMILES string of the molecule is CCCCCC1CCC(CCC2CCC(C(=O)O)(c3cc(F)c(F)c(F)c3)CC2)CC1. The van der Waals surface area contributed by atoms with Crippen LogP contribution in [0.15, 0.2) is 12.1 Å². The molecule has 0 radical (unpaired) electrons. The third-order valence-electron chi connectivity index (χ3n) is 8.07. The summed E-state index contributed by atoms with van der Waals surface area (Å²) in [5, 5.41) is 9.88. The van der Waals surface area contributed by atoms with Gasteiger partial charge in [-0.25, -0.2) is 13.2 Å². The molecule has 2 aliphatic carbocycles. The van der Waals surface area contributed by atoms with Crippen LogP contribution in [0, 0.1) is 35.2 Å². The lowest BCUT2D eigenvalue weighted by Gasteiger charge is -2.38. The quantitative estimate of drug-likeness (QED) is 0.316. The van der Waals surface area contributed by atoms with Gasteiger partial charge in [-0.1, -0.05) is 71.1 Å². The molecule has 174 valence electrons. The largest absolute Gasteiger partial charge is 0.481 e. The number of carbonyl (C=O) groups is 1. The number of benzene rings is 1. The zero-order valence-electron chi connectivity index (χ0n) is 18.8. The van der Waals surface area contributed by atoms with Gasteiger partial charge >= 0.3 is 5.97 Å². The molecule has 0 unspecified atom stereocenters. The van der Waals surface area contributed by atoms with Gasteiger partial charge in [0, 0.05) is 0 Å². The minimum Gasteiger partial charge on any atom is -0.481 e. The van der Waals surface area contributed by atoms with Crippen LogP contribution < -0.4 is 0 Å². The number of carboxylic acids is 1. The van der Waals surface area contributed by atoms with Crippen LogP contribution in [-0.2, 0) is 10.2 Å². The van der Waals surface area contributed by atoms with E-state index in [1.807, 2.05) is 0 Å². The van der Waals surface area contributed by atoms with Crippen molar-refractivity contribution < 1.29 is 23.1 Å². The van der Waals surface area contributed by atoms with E-state index in [9.17, 15) is 23.1 Å². The summed E-state index contributed by atoms with van der Waals surface area (Å²) < 4.78 is 40.8. The van der Waals surface area contributed by atoms with E-state index < -0.39 is 28.8 Å². The average Bonchev–Trinajstić information content (AvgIpc) is 2.77. The summed E-state index contributed by atoms with van der Waals surface area (Å²) in [6.45, 7) is 2.25. The van der Waals surface area contributed by atoms with Crippen molar-refractivity contribution in [1.29, 1.82) is 0 Å². The summed E-state index contributed by atoms with van der Waals surface area (Å²) in [6.07, 6.45) is 15.2. The Morgan fingerprint density at radius 1 is 0.871 bits per heavy atom. The van der Waals surface area contributed by atoms with E-state index in [0.717, 1.165) is 43.2 Å². The Balaban J connectivity index is 1.49. The molecule has 2 nitrogen and oxygen atoms in total. The van der Waals surface area contributed by atoms with Crippen molar-refractivity contribution in [2.45, 2.75) is 102 Å². The van der Waals surface area contributed by atoms with E-state index in [1.165, 1.54) is 57.8 Å². The summed E-state index contributed by atoms with van der Waals surface area (Å²) in [5.41, 5.74) is -1.26. The fourth-order valence-corrected chi connectivity index (χ4v) is 5.88. The smallest absolute Gasteiger partial charge is 0.314 e. The van der Waals surface area contributed by atoms with Crippen LogP contribution in [0.5, 0.6) is 0 Å². The predicted octanol–water partition coefficient (Wildman–Crippen LogP) is 7.78. The van der Waals surface area contributed by atoms with Crippen LogP contribution in [-0.4, -0.2) is 11.1 Å². The summed E-state index contributed by atoms with van der Waals surface area (Å²) >= 11 is 0. The van der Waals surface area contributed by atoms with Gasteiger partial charge in [0.25, 0.3) is 0 Å². The highest BCUT2D eigenvalue weighted by atomic mass is 19.2. The van der Waals surface area contributed by atoms with Crippen molar-refractivity contribution in [3.8, 4) is 0 Å². The molecule has 0 saturated heterocycles. The summed E-state index contributed by atoms with van der Waals surface area (Å²) in [6, 6.07) is 1.73. The van der Waals surface area contributed by atoms with E-state index >= 15 is 0 Å². The zero-order chi connectivity index (χ0) is 22.4. The molecule has 0 heterocycles. The van der Waals surface area contributed by atoms with Gasteiger partial charge in [-0.3, -0.25) is 4.79 Å². The molecule has 3 rings (SSSR count). The molecule has 1 N–H and O–H groups in total. The zero-order valence-corrected chi connectivity index (χ0v) is 18.8. The molecule has 2 aliphatic rings. The maximum absolute atomic E-state index is 13.7. The molecule has 0 bridgehead atoms. The van der Waals surface area contributed by atoms with E-state index in [4.69, 9.17) is 0 Å². The van der Waals surface area contributed by atoms with Gasteiger partial charge < -0.3 is 5.11 Å². The first kappa shape index (κ1) is 24.1. The Labute approximate surface area is 184 Å². The number of halogens is 3. The number of aliphatic carboxylic acids is 1. The number of unbranched alkanes of at least 4 members (excludes halogenated alkanes) is 2. The normalized spacial score (nSPS) is 29.1. The Bertz CT molecular complexity index is 709. The molecule has 1 aromatic rings.